The van der Waals surface area contributed by atoms with Crippen LogP contribution in [0.25, 0.3) is 56.4 Å². The average molecular weight is 540 g/mol. The summed E-state index contributed by atoms with van der Waals surface area (Å²) in [5.41, 5.74) is 7.47. The Morgan fingerprint density at radius 3 is 1.22 bits per heavy atom. The Balaban J connectivity index is 1.44. The largest absolute Gasteiger partial charge is 0.208 e. The van der Waals surface area contributed by atoms with Crippen molar-refractivity contribution in [1.29, 1.82) is 0 Å². The van der Waals surface area contributed by atoms with Crippen molar-refractivity contribution in [2.75, 3.05) is 0 Å². The van der Waals surface area contributed by atoms with E-state index >= 15 is 0 Å². The highest BCUT2D eigenvalue weighted by molar-refractivity contribution is 9.10. The van der Waals surface area contributed by atoms with Gasteiger partial charge in [0.1, 0.15) is 0 Å². The molecule has 1 aromatic heterocycles. The van der Waals surface area contributed by atoms with E-state index in [0.717, 1.165) is 32.3 Å². The summed E-state index contributed by atoms with van der Waals surface area (Å²) in [5, 5.41) is 0. The Morgan fingerprint density at radius 2 is 0.703 bits per heavy atom. The van der Waals surface area contributed by atoms with E-state index in [2.05, 4.69) is 88.7 Å². The van der Waals surface area contributed by atoms with Crippen molar-refractivity contribution in [1.82, 2.24) is 15.0 Å². The molecule has 0 aliphatic heterocycles. The van der Waals surface area contributed by atoms with Crippen molar-refractivity contribution in [3.05, 3.63) is 138 Å². The van der Waals surface area contributed by atoms with E-state index in [4.69, 9.17) is 15.0 Å². The maximum Gasteiger partial charge on any atom is 0.164 e. The maximum atomic E-state index is 4.88. The first-order chi connectivity index (χ1) is 18.2. The lowest BCUT2D eigenvalue weighted by atomic mass is 9.98. The Bertz CT molecular complexity index is 1610. The first kappa shape index (κ1) is 23.0. The normalized spacial score (nSPS) is 10.8. The highest BCUT2D eigenvalue weighted by Crippen LogP contribution is 2.30. The van der Waals surface area contributed by atoms with E-state index in [0.29, 0.717) is 17.5 Å². The summed E-state index contributed by atoms with van der Waals surface area (Å²) in [6, 6.07) is 45.5. The number of nitrogens with zero attached hydrogens (tertiary/aromatic N) is 3. The molecule has 37 heavy (non-hydrogen) atoms. The van der Waals surface area contributed by atoms with Gasteiger partial charge in [0.2, 0.25) is 0 Å². The lowest BCUT2D eigenvalue weighted by molar-refractivity contribution is 1.07. The molecule has 0 N–H and O–H groups in total. The van der Waals surface area contributed by atoms with E-state index in [1.54, 1.807) is 0 Å². The first-order valence-corrected chi connectivity index (χ1v) is 12.9. The summed E-state index contributed by atoms with van der Waals surface area (Å²) in [4.78, 5) is 14.6. The smallest absolute Gasteiger partial charge is 0.164 e. The molecule has 0 saturated heterocycles. The summed E-state index contributed by atoms with van der Waals surface area (Å²) >= 11 is 3.52. The molecule has 0 fully saturated rings. The van der Waals surface area contributed by atoms with E-state index in [1.807, 2.05) is 60.7 Å². The zero-order valence-corrected chi connectivity index (χ0v) is 21.5. The molecule has 0 amide bonds. The van der Waals surface area contributed by atoms with Gasteiger partial charge in [-0.1, -0.05) is 125 Å². The van der Waals surface area contributed by atoms with Crippen LogP contribution in [0.1, 0.15) is 0 Å². The van der Waals surface area contributed by atoms with Crippen LogP contribution in [0.3, 0.4) is 0 Å². The number of halogens is 1. The van der Waals surface area contributed by atoms with Gasteiger partial charge in [0.05, 0.1) is 0 Å². The fraction of sp³-hybridized carbons (Fsp3) is 0. The second kappa shape index (κ2) is 10.3. The standard InChI is InChI=1S/C33H22BrN3/c34-30-19-17-23(18-20-30)26-13-7-14-27(21-26)28-15-8-16-29(22-28)33-36-31(24-9-3-1-4-10-24)35-32(37-33)25-11-5-2-6-12-25/h1-22H. The van der Waals surface area contributed by atoms with Crippen molar-refractivity contribution in [3.8, 4) is 56.4 Å². The van der Waals surface area contributed by atoms with Crippen LogP contribution in [0.4, 0.5) is 0 Å². The molecule has 0 saturated carbocycles. The van der Waals surface area contributed by atoms with Gasteiger partial charge >= 0.3 is 0 Å². The zero-order chi connectivity index (χ0) is 25.0. The Hall–Kier alpha value is -4.41. The van der Waals surface area contributed by atoms with E-state index in [1.165, 1.54) is 11.1 Å². The second-order valence-corrected chi connectivity index (χ2v) is 9.62. The number of rotatable bonds is 5. The Morgan fingerprint density at radius 1 is 0.324 bits per heavy atom. The Labute approximate surface area is 224 Å². The molecular formula is C33H22BrN3. The minimum absolute atomic E-state index is 0.652. The number of benzene rings is 5. The summed E-state index contributed by atoms with van der Waals surface area (Å²) < 4.78 is 1.07. The van der Waals surface area contributed by atoms with Gasteiger partial charge in [0.25, 0.3) is 0 Å². The molecule has 176 valence electrons. The third kappa shape index (κ3) is 5.11. The lowest BCUT2D eigenvalue weighted by Crippen LogP contribution is -2.00. The third-order valence-corrected chi connectivity index (χ3v) is 6.72. The summed E-state index contributed by atoms with van der Waals surface area (Å²) in [5.74, 6) is 1.97. The van der Waals surface area contributed by atoms with Gasteiger partial charge < -0.3 is 0 Å². The summed E-state index contributed by atoms with van der Waals surface area (Å²) in [7, 11) is 0. The molecule has 0 spiro atoms. The lowest BCUT2D eigenvalue weighted by Gasteiger charge is -2.10. The van der Waals surface area contributed by atoms with Gasteiger partial charge in [0, 0.05) is 21.2 Å². The monoisotopic (exact) mass is 539 g/mol. The van der Waals surface area contributed by atoms with Crippen molar-refractivity contribution in [2.24, 2.45) is 0 Å². The van der Waals surface area contributed by atoms with Crippen LogP contribution in [-0.4, -0.2) is 15.0 Å². The van der Waals surface area contributed by atoms with E-state index < -0.39 is 0 Å². The molecule has 3 nitrogen and oxygen atoms in total. The number of aromatic nitrogens is 3. The quantitative estimate of drug-likeness (QED) is 0.219. The summed E-state index contributed by atoms with van der Waals surface area (Å²) in [6.45, 7) is 0. The van der Waals surface area contributed by atoms with Crippen molar-refractivity contribution in [2.45, 2.75) is 0 Å². The van der Waals surface area contributed by atoms with Crippen LogP contribution >= 0.6 is 15.9 Å². The fourth-order valence-electron chi connectivity index (χ4n) is 4.30. The average Bonchev–Trinajstić information content (AvgIpc) is 2.98. The van der Waals surface area contributed by atoms with Crippen LogP contribution in [0.5, 0.6) is 0 Å². The Kier molecular flexibility index (Phi) is 6.40. The molecule has 4 heteroatoms. The molecular weight excluding hydrogens is 518 g/mol. The first-order valence-electron chi connectivity index (χ1n) is 12.1. The van der Waals surface area contributed by atoms with Gasteiger partial charge in [-0.15, -0.1) is 0 Å². The van der Waals surface area contributed by atoms with Crippen LogP contribution in [0, 0.1) is 0 Å². The van der Waals surface area contributed by atoms with Gasteiger partial charge in [0.15, 0.2) is 17.5 Å². The van der Waals surface area contributed by atoms with Crippen LogP contribution in [-0.2, 0) is 0 Å². The topological polar surface area (TPSA) is 38.7 Å². The molecule has 0 unspecified atom stereocenters. The molecule has 0 aliphatic carbocycles. The van der Waals surface area contributed by atoms with Crippen molar-refractivity contribution >= 4 is 15.9 Å². The third-order valence-electron chi connectivity index (χ3n) is 6.19. The predicted molar refractivity (Wildman–Crippen MR) is 155 cm³/mol. The highest BCUT2D eigenvalue weighted by atomic mass is 79.9. The predicted octanol–water partition coefficient (Wildman–Crippen LogP) is 8.97. The molecule has 0 aliphatic rings. The minimum atomic E-state index is 0.652. The molecule has 6 aromatic rings. The van der Waals surface area contributed by atoms with Gasteiger partial charge in [-0.05, 0) is 46.5 Å². The minimum Gasteiger partial charge on any atom is -0.208 e. The molecule has 6 rings (SSSR count). The maximum absolute atomic E-state index is 4.88. The fourth-order valence-corrected chi connectivity index (χ4v) is 4.56. The summed E-state index contributed by atoms with van der Waals surface area (Å²) in [6.07, 6.45) is 0. The molecule has 0 radical (unpaired) electrons. The second-order valence-electron chi connectivity index (χ2n) is 8.71. The van der Waals surface area contributed by atoms with Gasteiger partial charge in [-0.2, -0.15) is 0 Å². The van der Waals surface area contributed by atoms with Crippen LogP contribution < -0.4 is 0 Å². The van der Waals surface area contributed by atoms with E-state index in [9.17, 15) is 0 Å². The highest BCUT2D eigenvalue weighted by Gasteiger charge is 2.13. The van der Waals surface area contributed by atoms with Gasteiger partial charge in [-0.3, -0.25) is 0 Å². The number of hydrogen-bond donors (Lipinski definition) is 0. The zero-order valence-electron chi connectivity index (χ0n) is 19.9. The number of hydrogen-bond acceptors (Lipinski definition) is 3. The molecule has 0 atom stereocenters. The van der Waals surface area contributed by atoms with Crippen LogP contribution in [0.2, 0.25) is 0 Å². The van der Waals surface area contributed by atoms with Crippen molar-refractivity contribution in [3.63, 3.8) is 0 Å². The van der Waals surface area contributed by atoms with Crippen molar-refractivity contribution < 1.29 is 0 Å². The van der Waals surface area contributed by atoms with Crippen LogP contribution in [0.15, 0.2) is 138 Å². The van der Waals surface area contributed by atoms with Gasteiger partial charge in [-0.25, -0.2) is 15.0 Å². The molecule has 0 bridgehead atoms. The molecule has 1 heterocycles. The van der Waals surface area contributed by atoms with E-state index in [-0.39, 0.29) is 0 Å². The molecule has 5 aromatic carbocycles. The SMILES string of the molecule is Brc1ccc(-c2cccc(-c3cccc(-c4nc(-c5ccccc5)nc(-c5ccccc5)n4)c3)c2)cc1.